The van der Waals surface area contributed by atoms with Gasteiger partial charge in [0.1, 0.15) is 17.6 Å². The molecule has 0 unspecified atom stereocenters. The van der Waals surface area contributed by atoms with Crippen LogP contribution in [0.15, 0.2) is 67.1 Å². The number of aliphatic carboxylic acids is 1. The van der Waals surface area contributed by atoms with Gasteiger partial charge in [0, 0.05) is 81.0 Å². The molecule has 1 heterocycles. The van der Waals surface area contributed by atoms with Crippen molar-refractivity contribution >= 4 is 64.5 Å². The predicted octanol–water partition coefficient (Wildman–Crippen LogP) is 0.833. The molecule has 0 fully saturated rings. The lowest BCUT2D eigenvalue weighted by Gasteiger charge is -2.23. The number of phenolic OH excluding ortho intramolecular Hbond substituents is 1. The van der Waals surface area contributed by atoms with Crippen molar-refractivity contribution < 1.29 is 63.0 Å². The van der Waals surface area contributed by atoms with Crippen LogP contribution in [0.5, 0.6) is 5.75 Å². The number of Topliss-reactive ketones (excluding diaryl/α,β-unsaturated/α-hetero) is 4. The first-order chi connectivity index (χ1) is 32.6. The summed E-state index contributed by atoms with van der Waals surface area (Å²) >= 11 is 0. The highest BCUT2D eigenvalue weighted by Gasteiger charge is 2.32. The molecule has 69 heavy (non-hydrogen) atoms. The van der Waals surface area contributed by atoms with E-state index in [0.717, 1.165) is 0 Å². The van der Waals surface area contributed by atoms with Gasteiger partial charge in [-0.1, -0.05) is 49.4 Å². The number of nitrogens with zero attached hydrogens (tertiary/aromatic N) is 1. The molecule has 1 aromatic heterocycles. The van der Waals surface area contributed by atoms with Gasteiger partial charge in [0.05, 0.1) is 24.5 Å². The number of phenols is 1. The molecular formula is C48H62N8O13. The molecule has 7 atom stereocenters. The van der Waals surface area contributed by atoms with E-state index in [9.17, 15) is 57.8 Å². The molecule has 0 spiro atoms. The number of carboxylic acid groups (broad SMARTS) is 1. The van der Waals surface area contributed by atoms with Crippen molar-refractivity contribution in [2.24, 2.45) is 29.2 Å². The zero-order valence-electron chi connectivity index (χ0n) is 38.9. The summed E-state index contributed by atoms with van der Waals surface area (Å²) in [6.07, 6.45) is 0.0201. The lowest BCUT2D eigenvalue weighted by Crippen LogP contribution is -2.48. The van der Waals surface area contributed by atoms with Crippen LogP contribution in [0.25, 0.3) is 0 Å². The number of hydrogen-bond donors (Lipinski definition) is 9. The number of hydrogen-bond acceptors (Lipinski definition) is 13. The summed E-state index contributed by atoms with van der Waals surface area (Å²) in [5.74, 6) is -10.7. The number of ketones is 4. The van der Waals surface area contributed by atoms with Crippen molar-refractivity contribution in [3.05, 3.63) is 83.9 Å². The second-order valence-electron chi connectivity index (χ2n) is 17.2. The number of aromatic amines is 1. The Morgan fingerprint density at radius 1 is 0.623 bits per heavy atom. The maximum atomic E-state index is 13.8. The molecule has 0 aliphatic heterocycles. The third-order valence-corrected chi connectivity index (χ3v) is 11.3. The summed E-state index contributed by atoms with van der Waals surface area (Å²) in [6, 6.07) is 9.73. The predicted molar refractivity (Wildman–Crippen MR) is 247 cm³/mol. The Labute approximate surface area is 398 Å². The molecule has 0 aliphatic rings. The minimum atomic E-state index is -1.31. The highest BCUT2D eigenvalue weighted by molar-refractivity contribution is 5.97. The number of imidazole rings is 1. The number of aromatic nitrogens is 2. The first kappa shape index (κ1) is 55.7. The first-order valence-corrected chi connectivity index (χ1v) is 22.5. The van der Waals surface area contributed by atoms with Crippen molar-refractivity contribution in [2.45, 2.75) is 122 Å². The molecule has 0 bridgehead atoms. The molecule has 3 aromatic rings. The lowest BCUT2D eigenvalue weighted by molar-refractivity contribution is -0.138. The smallest absolute Gasteiger partial charge is 0.303 e. The first-order valence-electron chi connectivity index (χ1n) is 22.5. The van der Waals surface area contributed by atoms with E-state index in [-0.39, 0.29) is 62.9 Å². The number of carboxylic acids is 1. The minimum Gasteiger partial charge on any atom is -0.508 e. The highest BCUT2D eigenvalue weighted by Crippen LogP contribution is 2.19. The van der Waals surface area contributed by atoms with Crippen LogP contribution in [-0.2, 0) is 72.0 Å². The number of H-pyrrole nitrogens is 1. The highest BCUT2D eigenvalue weighted by atomic mass is 16.4. The number of aromatic hydroxyl groups is 1. The third-order valence-electron chi connectivity index (χ3n) is 11.3. The van der Waals surface area contributed by atoms with E-state index in [1.54, 1.807) is 42.5 Å². The van der Waals surface area contributed by atoms with Crippen LogP contribution in [-0.4, -0.2) is 109 Å². The van der Waals surface area contributed by atoms with Crippen LogP contribution in [0.4, 0.5) is 0 Å². The van der Waals surface area contributed by atoms with Gasteiger partial charge >= 0.3 is 5.97 Å². The van der Waals surface area contributed by atoms with Crippen molar-refractivity contribution in [3.63, 3.8) is 0 Å². The van der Waals surface area contributed by atoms with Crippen molar-refractivity contribution in [2.75, 3.05) is 0 Å². The number of nitrogens with two attached hydrogens (primary N) is 2. The summed E-state index contributed by atoms with van der Waals surface area (Å²) < 4.78 is 0. The van der Waals surface area contributed by atoms with Crippen LogP contribution >= 0.6 is 0 Å². The maximum absolute atomic E-state index is 13.8. The number of nitrogens with one attached hydrogen (secondary N) is 5. The Kier molecular flexibility index (Phi) is 22.6. The number of amides is 6. The molecule has 21 heteroatoms. The van der Waals surface area contributed by atoms with Crippen LogP contribution in [0.2, 0.25) is 0 Å². The molecule has 21 nitrogen and oxygen atoms in total. The van der Waals surface area contributed by atoms with Gasteiger partial charge in [0.25, 0.3) is 0 Å². The van der Waals surface area contributed by atoms with Gasteiger partial charge in [-0.2, -0.15) is 0 Å². The summed E-state index contributed by atoms with van der Waals surface area (Å²) in [6.45, 7) is 4.13. The topological polar surface area (TPSA) is 357 Å². The molecule has 0 saturated carbocycles. The van der Waals surface area contributed by atoms with Gasteiger partial charge in [-0.3, -0.25) is 47.9 Å². The Morgan fingerprint density at radius 3 is 1.84 bits per heavy atom. The number of benzene rings is 2. The summed E-state index contributed by atoms with van der Waals surface area (Å²) in [7, 11) is 0. The monoisotopic (exact) mass is 958 g/mol. The molecule has 372 valence electrons. The number of carbonyl (C=O) groups excluding carboxylic acids is 10. The summed E-state index contributed by atoms with van der Waals surface area (Å²) in [5.41, 5.74) is 12.4. The van der Waals surface area contributed by atoms with Crippen LogP contribution in [0, 0.1) is 17.8 Å². The minimum absolute atomic E-state index is 0.0344. The van der Waals surface area contributed by atoms with Gasteiger partial charge in [-0.25, -0.2) is 4.98 Å². The summed E-state index contributed by atoms with van der Waals surface area (Å²) in [4.78, 5) is 148. The van der Waals surface area contributed by atoms with E-state index in [1.165, 1.54) is 45.4 Å². The molecule has 11 N–H and O–H groups in total. The molecule has 2 aromatic carbocycles. The van der Waals surface area contributed by atoms with Gasteiger partial charge in [0.2, 0.25) is 35.4 Å². The van der Waals surface area contributed by atoms with E-state index in [4.69, 9.17) is 16.6 Å². The van der Waals surface area contributed by atoms with E-state index in [1.807, 2.05) is 0 Å². The fourth-order valence-electron chi connectivity index (χ4n) is 7.32. The largest absolute Gasteiger partial charge is 0.508 e. The molecule has 0 aliphatic carbocycles. The number of primary amides is 2. The molecule has 0 saturated heterocycles. The van der Waals surface area contributed by atoms with Crippen molar-refractivity contribution in [1.82, 2.24) is 31.2 Å². The zero-order chi connectivity index (χ0) is 51.2. The lowest BCUT2D eigenvalue weighted by atomic mass is 9.91. The molecule has 3 rings (SSSR count). The van der Waals surface area contributed by atoms with E-state index < -0.39 is 126 Å². The van der Waals surface area contributed by atoms with E-state index in [0.29, 0.717) is 16.8 Å². The Morgan fingerprint density at radius 2 is 1.25 bits per heavy atom. The van der Waals surface area contributed by atoms with Crippen LogP contribution < -0.4 is 32.7 Å². The number of carbonyl (C=O) groups is 11. The standard InChI is InChI=1S/C48H62N8O13/c1-27(46(67)53-29(3)40(60)23-33(21-30-7-5-4-6-8-30)48(69)55-36(45(50)66)14-18-44(64)65)19-41(61)38(24-34-25-51-26-52-34)54-43(63)17-15-39(59)37(22-31-9-12-35(58)13-10-31)56-47(68)32(20-28(2)57)11-16-42(49)62/h4-10,12-13,25-27,29,32-33,36-38,58H,11,14-24H2,1-3H3,(H2,49,62)(H2,50,66)(H,51,52)(H,53,67)(H,54,63)(H,55,69)(H,56,68)(H,64,65)/t27-,29+,32-,33-,36+,37+,38+/m1/s1. The average molecular weight is 959 g/mol. The quantitative estimate of drug-likeness (QED) is 0.0419. The fraction of sp³-hybridized carbons (Fsp3) is 0.458. The number of rotatable bonds is 32. The Bertz CT molecular complexity index is 2290. The zero-order valence-corrected chi connectivity index (χ0v) is 38.9. The SMILES string of the molecule is CC(=O)C[C@@H](CCC(N)=O)C(=O)N[C@@H](Cc1ccc(O)cc1)C(=O)CCC(=O)N[C@@H](Cc1cnc[nH]1)C(=O)C[C@@H](C)C(=O)N[C@@H](C)C(=O)C[C@@H](Cc1ccccc1)C(=O)N[C@@H](CCC(=O)O)C(N)=O. The molecular weight excluding hydrogens is 897 g/mol. The van der Waals surface area contributed by atoms with Crippen molar-refractivity contribution in [1.29, 1.82) is 0 Å². The van der Waals surface area contributed by atoms with Gasteiger partial charge in [-0.15, -0.1) is 0 Å². The normalized spacial score (nSPS) is 14.0. The average Bonchev–Trinajstić information content (AvgIpc) is 3.81. The molecule has 6 amide bonds. The Balaban J connectivity index is 1.69. The summed E-state index contributed by atoms with van der Waals surface area (Å²) in [5, 5.41) is 29.2. The fourth-order valence-corrected chi connectivity index (χ4v) is 7.32. The van der Waals surface area contributed by atoms with Crippen LogP contribution in [0.1, 0.15) is 95.4 Å². The second kappa shape index (κ2) is 27.9. The van der Waals surface area contributed by atoms with E-state index >= 15 is 0 Å². The van der Waals surface area contributed by atoms with Gasteiger partial charge in [-0.05, 0) is 62.8 Å². The third kappa shape index (κ3) is 20.4. The second-order valence-corrected chi connectivity index (χ2v) is 17.2. The van der Waals surface area contributed by atoms with E-state index in [2.05, 4.69) is 31.2 Å². The van der Waals surface area contributed by atoms with Crippen molar-refractivity contribution in [3.8, 4) is 5.75 Å². The maximum Gasteiger partial charge on any atom is 0.303 e. The van der Waals surface area contributed by atoms with Gasteiger partial charge < -0.3 is 52.7 Å². The Hall–Kier alpha value is -7.58. The molecule has 0 radical (unpaired) electrons. The van der Waals surface area contributed by atoms with Crippen LogP contribution in [0.3, 0.4) is 0 Å². The van der Waals surface area contributed by atoms with Gasteiger partial charge in [0.15, 0.2) is 17.3 Å².